The number of esters is 1. The van der Waals surface area contributed by atoms with Crippen molar-refractivity contribution < 1.29 is 9.53 Å². The Balaban J connectivity index is 2.60. The molecule has 0 saturated carbocycles. The van der Waals surface area contributed by atoms with Gasteiger partial charge in [-0.1, -0.05) is 18.4 Å². The summed E-state index contributed by atoms with van der Waals surface area (Å²) in [5, 5.41) is 0. The van der Waals surface area contributed by atoms with Crippen LogP contribution in [0.15, 0.2) is 12.1 Å². The zero-order valence-electron chi connectivity index (χ0n) is 7.76. The topological polar surface area (TPSA) is 26.3 Å². The van der Waals surface area contributed by atoms with E-state index in [1.54, 1.807) is 0 Å². The average Bonchev–Trinajstić information content (AvgIpc) is 2.50. The Hall–Kier alpha value is -1.25. The van der Waals surface area contributed by atoms with Gasteiger partial charge in [0, 0.05) is 5.56 Å². The van der Waals surface area contributed by atoms with E-state index >= 15 is 0 Å². The van der Waals surface area contributed by atoms with Crippen LogP contribution >= 0.6 is 0 Å². The molecule has 0 bridgehead atoms. The van der Waals surface area contributed by atoms with Crippen molar-refractivity contribution in [3.63, 3.8) is 0 Å². The van der Waals surface area contributed by atoms with Crippen molar-refractivity contribution in [1.29, 1.82) is 0 Å². The van der Waals surface area contributed by atoms with E-state index in [0.29, 0.717) is 6.61 Å². The van der Waals surface area contributed by atoms with Crippen LogP contribution in [0.3, 0.4) is 0 Å². The Kier molecular flexibility index (Phi) is 1.87. The van der Waals surface area contributed by atoms with Gasteiger partial charge in [-0.3, -0.25) is 0 Å². The number of carbonyl (C=O) groups excluding carboxylic acids is 1. The third-order valence-electron chi connectivity index (χ3n) is 2.52. The second-order valence-electron chi connectivity index (χ2n) is 3.17. The van der Waals surface area contributed by atoms with Crippen LogP contribution < -0.4 is 5.46 Å². The molecule has 0 spiro atoms. The van der Waals surface area contributed by atoms with Gasteiger partial charge in [0.05, 0.1) is 5.56 Å². The van der Waals surface area contributed by atoms with Crippen molar-refractivity contribution in [1.82, 2.24) is 0 Å². The van der Waals surface area contributed by atoms with Crippen molar-refractivity contribution in [2.75, 3.05) is 0 Å². The third-order valence-corrected chi connectivity index (χ3v) is 2.52. The van der Waals surface area contributed by atoms with Crippen molar-refractivity contribution >= 4 is 18.7 Å². The highest BCUT2D eigenvalue weighted by Gasteiger charge is 2.23. The zero-order chi connectivity index (χ0) is 9.42. The van der Waals surface area contributed by atoms with Gasteiger partial charge in [0.15, 0.2) is 0 Å². The molecule has 65 valence electrons. The first-order valence-electron chi connectivity index (χ1n) is 4.33. The molecule has 13 heavy (non-hydrogen) atoms. The summed E-state index contributed by atoms with van der Waals surface area (Å²) in [6.45, 7) is 4.45. The SMILES string of the molecule is C[B]c1ccc2c(c1C)COC2=O. The van der Waals surface area contributed by atoms with Gasteiger partial charge in [0.25, 0.3) is 0 Å². The summed E-state index contributed by atoms with van der Waals surface area (Å²) < 4.78 is 4.95. The minimum atomic E-state index is -0.194. The van der Waals surface area contributed by atoms with Crippen molar-refractivity contribution in [2.45, 2.75) is 20.4 Å². The van der Waals surface area contributed by atoms with Crippen LogP contribution in [0.25, 0.3) is 0 Å². The fraction of sp³-hybridized carbons (Fsp3) is 0.300. The third kappa shape index (κ3) is 1.15. The first-order valence-corrected chi connectivity index (χ1v) is 4.33. The number of fused-ring (bicyclic) bond motifs is 1. The Bertz CT molecular complexity index is 371. The van der Waals surface area contributed by atoms with Gasteiger partial charge >= 0.3 is 5.97 Å². The first kappa shape index (κ1) is 8.36. The van der Waals surface area contributed by atoms with Gasteiger partial charge in [0.1, 0.15) is 13.9 Å². The molecule has 2 rings (SSSR count). The average molecular weight is 173 g/mol. The molecule has 0 atom stereocenters. The van der Waals surface area contributed by atoms with E-state index in [0.717, 1.165) is 16.7 Å². The second kappa shape index (κ2) is 2.91. The summed E-state index contributed by atoms with van der Waals surface area (Å²) in [5.74, 6) is -0.194. The molecule has 1 radical (unpaired) electrons. The summed E-state index contributed by atoms with van der Waals surface area (Å²) in [4.78, 5) is 11.2. The lowest BCUT2D eigenvalue weighted by Gasteiger charge is -2.05. The number of carbonyl (C=O) groups is 1. The van der Waals surface area contributed by atoms with E-state index in [2.05, 4.69) is 0 Å². The van der Waals surface area contributed by atoms with Crippen LogP contribution in [0, 0.1) is 6.92 Å². The van der Waals surface area contributed by atoms with E-state index in [-0.39, 0.29) is 5.97 Å². The summed E-state index contributed by atoms with van der Waals surface area (Å²) in [7, 11) is 2.04. The normalized spacial score (nSPS) is 13.8. The molecule has 0 N–H and O–H groups in total. The number of hydrogen-bond acceptors (Lipinski definition) is 2. The van der Waals surface area contributed by atoms with Gasteiger partial charge in [-0.05, 0) is 18.6 Å². The van der Waals surface area contributed by atoms with Crippen LogP contribution in [0.1, 0.15) is 21.5 Å². The molecule has 1 aromatic rings. The molecule has 1 aromatic carbocycles. The van der Waals surface area contributed by atoms with Crippen molar-refractivity contribution in [3.05, 3.63) is 28.8 Å². The molecule has 0 fully saturated rings. The molecule has 0 saturated heterocycles. The summed E-state index contributed by atoms with van der Waals surface area (Å²) >= 11 is 0. The van der Waals surface area contributed by atoms with E-state index in [9.17, 15) is 4.79 Å². The predicted molar refractivity (Wildman–Crippen MR) is 51.6 cm³/mol. The minimum absolute atomic E-state index is 0.194. The molecule has 2 nitrogen and oxygen atoms in total. The van der Waals surface area contributed by atoms with Crippen LogP contribution in [-0.2, 0) is 11.3 Å². The Morgan fingerprint density at radius 3 is 2.92 bits per heavy atom. The molecular weight excluding hydrogens is 163 g/mol. The Morgan fingerprint density at radius 2 is 2.23 bits per heavy atom. The summed E-state index contributed by atoms with van der Waals surface area (Å²) in [5.41, 5.74) is 4.10. The maximum atomic E-state index is 11.2. The van der Waals surface area contributed by atoms with Crippen molar-refractivity contribution in [2.24, 2.45) is 0 Å². The molecular formula is C10H10BO2. The largest absolute Gasteiger partial charge is 0.457 e. The van der Waals surface area contributed by atoms with E-state index in [1.807, 2.05) is 33.2 Å². The van der Waals surface area contributed by atoms with Crippen LogP contribution in [0.4, 0.5) is 0 Å². The smallest absolute Gasteiger partial charge is 0.338 e. The highest BCUT2D eigenvalue weighted by Crippen LogP contribution is 2.21. The fourth-order valence-corrected chi connectivity index (χ4v) is 1.68. The van der Waals surface area contributed by atoms with E-state index in [1.165, 1.54) is 5.46 Å². The standard InChI is InChI=1S/C10H10BO2/c1-6-8-5-13-10(12)7(8)3-4-9(6)11-2/h3-4H,5H2,1-2H3. The molecule has 0 amide bonds. The van der Waals surface area contributed by atoms with Crippen LogP contribution in [0.2, 0.25) is 6.82 Å². The lowest BCUT2D eigenvalue weighted by atomic mass is 9.70. The van der Waals surface area contributed by atoms with Gasteiger partial charge in [-0.25, -0.2) is 4.79 Å². The van der Waals surface area contributed by atoms with Crippen LogP contribution in [0.5, 0.6) is 0 Å². The molecule has 1 aliphatic rings. The number of cyclic esters (lactones) is 1. The first-order chi connectivity index (χ1) is 6.24. The molecule has 1 aliphatic heterocycles. The van der Waals surface area contributed by atoms with Crippen LogP contribution in [-0.4, -0.2) is 13.2 Å². The molecule has 0 aromatic heterocycles. The monoisotopic (exact) mass is 173 g/mol. The molecule has 1 heterocycles. The summed E-state index contributed by atoms with van der Waals surface area (Å²) in [6.07, 6.45) is 0. The van der Waals surface area contributed by atoms with Gasteiger partial charge in [-0.2, -0.15) is 0 Å². The second-order valence-corrected chi connectivity index (χ2v) is 3.17. The maximum Gasteiger partial charge on any atom is 0.338 e. The Morgan fingerprint density at radius 1 is 1.46 bits per heavy atom. The lowest BCUT2D eigenvalue weighted by Crippen LogP contribution is -2.16. The quantitative estimate of drug-likeness (QED) is 0.468. The van der Waals surface area contributed by atoms with E-state index in [4.69, 9.17) is 4.74 Å². The van der Waals surface area contributed by atoms with Gasteiger partial charge in [-0.15, -0.1) is 0 Å². The maximum absolute atomic E-state index is 11.2. The van der Waals surface area contributed by atoms with E-state index < -0.39 is 0 Å². The predicted octanol–water partition coefficient (Wildman–Crippen LogP) is 1.04. The molecule has 0 aliphatic carbocycles. The number of hydrogen-bond donors (Lipinski definition) is 0. The molecule has 0 unspecified atom stereocenters. The number of ether oxygens (including phenoxy) is 1. The lowest BCUT2D eigenvalue weighted by molar-refractivity contribution is 0.0535. The van der Waals surface area contributed by atoms with Gasteiger partial charge < -0.3 is 4.74 Å². The highest BCUT2D eigenvalue weighted by atomic mass is 16.5. The highest BCUT2D eigenvalue weighted by molar-refractivity contribution is 6.52. The minimum Gasteiger partial charge on any atom is -0.457 e. The number of rotatable bonds is 1. The summed E-state index contributed by atoms with van der Waals surface area (Å²) in [6, 6.07) is 3.80. The fourth-order valence-electron chi connectivity index (χ4n) is 1.68. The zero-order valence-corrected chi connectivity index (χ0v) is 7.76. The molecule has 3 heteroatoms. The van der Waals surface area contributed by atoms with Gasteiger partial charge in [0.2, 0.25) is 0 Å². The number of benzene rings is 1. The Labute approximate surface area is 78.1 Å². The van der Waals surface area contributed by atoms with Crippen molar-refractivity contribution in [3.8, 4) is 0 Å².